The van der Waals surface area contributed by atoms with E-state index >= 15 is 0 Å². The van der Waals surface area contributed by atoms with E-state index in [1.807, 2.05) is 6.08 Å². The van der Waals surface area contributed by atoms with Gasteiger partial charge >= 0.3 is 0 Å². The Morgan fingerprint density at radius 1 is 1.47 bits per heavy atom. The summed E-state index contributed by atoms with van der Waals surface area (Å²) in [6.45, 7) is 9.46. The van der Waals surface area contributed by atoms with Crippen LogP contribution < -0.4 is 5.32 Å². The fourth-order valence-electron chi connectivity index (χ4n) is 1.82. The van der Waals surface area contributed by atoms with Gasteiger partial charge in [-0.3, -0.25) is 0 Å². The summed E-state index contributed by atoms with van der Waals surface area (Å²) in [6.07, 6.45) is 8.83. The highest BCUT2D eigenvalue weighted by atomic mass is 16.5. The van der Waals surface area contributed by atoms with E-state index in [1.165, 1.54) is 12.8 Å². The van der Waals surface area contributed by atoms with Crippen molar-refractivity contribution in [1.29, 1.82) is 0 Å². The van der Waals surface area contributed by atoms with E-state index < -0.39 is 0 Å². The zero-order valence-corrected chi connectivity index (χ0v) is 9.74. The summed E-state index contributed by atoms with van der Waals surface area (Å²) in [7, 11) is 0. The maximum atomic E-state index is 5.66. The van der Waals surface area contributed by atoms with Crippen LogP contribution in [0, 0.1) is 11.8 Å². The molecule has 15 heavy (non-hydrogen) atoms. The van der Waals surface area contributed by atoms with Crippen molar-refractivity contribution in [3.8, 4) is 0 Å². The summed E-state index contributed by atoms with van der Waals surface area (Å²) in [4.78, 5) is 0. The SMILES string of the molecule is C=CCNCCOCC1CC=CCC1C. The summed E-state index contributed by atoms with van der Waals surface area (Å²) >= 11 is 0. The predicted molar refractivity (Wildman–Crippen MR) is 64.9 cm³/mol. The summed E-state index contributed by atoms with van der Waals surface area (Å²) < 4.78 is 5.66. The lowest BCUT2D eigenvalue weighted by Crippen LogP contribution is -2.24. The molecule has 0 spiro atoms. The number of hydrogen-bond donors (Lipinski definition) is 1. The van der Waals surface area contributed by atoms with Gasteiger partial charge in [-0.15, -0.1) is 6.58 Å². The maximum Gasteiger partial charge on any atom is 0.0591 e. The third-order valence-corrected chi connectivity index (χ3v) is 2.96. The molecule has 0 fully saturated rings. The summed E-state index contributed by atoms with van der Waals surface area (Å²) in [5.41, 5.74) is 0. The van der Waals surface area contributed by atoms with Crippen LogP contribution in [0.3, 0.4) is 0 Å². The molecule has 0 saturated carbocycles. The van der Waals surface area contributed by atoms with E-state index in [1.54, 1.807) is 0 Å². The standard InChI is InChI=1S/C13H23NO/c1-3-8-14-9-10-15-11-13-7-5-4-6-12(13)2/h3-5,12-14H,1,6-11H2,2H3. The van der Waals surface area contributed by atoms with E-state index in [4.69, 9.17) is 4.74 Å². The maximum absolute atomic E-state index is 5.66. The molecule has 1 rings (SSSR count). The van der Waals surface area contributed by atoms with Crippen LogP contribution in [0.2, 0.25) is 0 Å². The molecule has 0 aliphatic heterocycles. The smallest absolute Gasteiger partial charge is 0.0591 e. The van der Waals surface area contributed by atoms with Gasteiger partial charge in [0.2, 0.25) is 0 Å². The second kappa shape index (κ2) is 7.66. The normalized spacial score (nSPS) is 25.4. The minimum Gasteiger partial charge on any atom is -0.380 e. The van der Waals surface area contributed by atoms with Crippen molar-refractivity contribution in [3.05, 3.63) is 24.8 Å². The fourth-order valence-corrected chi connectivity index (χ4v) is 1.82. The number of hydrogen-bond acceptors (Lipinski definition) is 2. The van der Waals surface area contributed by atoms with E-state index in [-0.39, 0.29) is 0 Å². The molecule has 1 aliphatic carbocycles. The molecule has 0 saturated heterocycles. The Kier molecular flexibility index (Phi) is 6.37. The molecule has 0 amide bonds. The topological polar surface area (TPSA) is 21.3 Å². The van der Waals surface area contributed by atoms with E-state index in [9.17, 15) is 0 Å². The molecule has 2 nitrogen and oxygen atoms in total. The van der Waals surface area contributed by atoms with E-state index in [2.05, 4.69) is 31.0 Å². The van der Waals surface area contributed by atoms with Gasteiger partial charge < -0.3 is 10.1 Å². The lowest BCUT2D eigenvalue weighted by molar-refractivity contribution is 0.0813. The van der Waals surface area contributed by atoms with Gasteiger partial charge in [0.15, 0.2) is 0 Å². The predicted octanol–water partition coefficient (Wildman–Crippen LogP) is 2.38. The molecule has 2 heteroatoms. The number of allylic oxidation sites excluding steroid dienone is 2. The van der Waals surface area contributed by atoms with Crippen LogP contribution in [0.5, 0.6) is 0 Å². The van der Waals surface area contributed by atoms with Crippen molar-refractivity contribution in [2.75, 3.05) is 26.3 Å². The van der Waals surface area contributed by atoms with Crippen LogP contribution in [0.15, 0.2) is 24.8 Å². The average Bonchev–Trinajstić information content (AvgIpc) is 2.25. The first kappa shape index (κ1) is 12.5. The Bertz CT molecular complexity index is 201. The van der Waals surface area contributed by atoms with Gasteiger partial charge in [0.1, 0.15) is 0 Å². The Balaban J connectivity index is 1.99. The molecule has 2 atom stereocenters. The molecule has 1 N–H and O–H groups in total. The molecule has 1 aliphatic rings. The van der Waals surface area contributed by atoms with Crippen LogP contribution in [0.25, 0.3) is 0 Å². The van der Waals surface area contributed by atoms with Gasteiger partial charge in [-0.1, -0.05) is 25.2 Å². The molecule has 0 radical (unpaired) electrons. The number of rotatable bonds is 7. The van der Waals surface area contributed by atoms with E-state index in [0.29, 0.717) is 0 Å². The van der Waals surface area contributed by atoms with Crippen molar-refractivity contribution < 1.29 is 4.74 Å². The van der Waals surface area contributed by atoms with Crippen LogP contribution >= 0.6 is 0 Å². The van der Waals surface area contributed by atoms with Crippen molar-refractivity contribution in [2.24, 2.45) is 11.8 Å². The van der Waals surface area contributed by atoms with Crippen LogP contribution in [-0.2, 0) is 4.74 Å². The van der Waals surface area contributed by atoms with Crippen molar-refractivity contribution in [2.45, 2.75) is 19.8 Å². The van der Waals surface area contributed by atoms with E-state index in [0.717, 1.165) is 38.1 Å². The summed E-state index contributed by atoms with van der Waals surface area (Å²) in [5.74, 6) is 1.49. The Morgan fingerprint density at radius 3 is 3.00 bits per heavy atom. The first-order valence-corrected chi connectivity index (χ1v) is 5.89. The minimum atomic E-state index is 0.717. The largest absolute Gasteiger partial charge is 0.380 e. The summed E-state index contributed by atoms with van der Waals surface area (Å²) in [6, 6.07) is 0. The quantitative estimate of drug-likeness (QED) is 0.513. The molecule has 86 valence electrons. The zero-order chi connectivity index (χ0) is 10.9. The van der Waals surface area contributed by atoms with Crippen molar-refractivity contribution in [1.82, 2.24) is 5.32 Å². The Labute approximate surface area is 93.4 Å². The number of nitrogens with one attached hydrogen (secondary N) is 1. The van der Waals surface area contributed by atoms with Gasteiger partial charge in [-0.05, 0) is 24.7 Å². The first-order valence-electron chi connectivity index (χ1n) is 5.89. The first-order chi connectivity index (χ1) is 7.34. The second-order valence-corrected chi connectivity index (χ2v) is 4.25. The van der Waals surface area contributed by atoms with Crippen LogP contribution in [-0.4, -0.2) is 26.3 Å². The molecule has 0 aromatic heterocycles. The van der Waals surface area contributed by atoms with Crippen LogP contribution in [0.1, 0.15) is 19.8 Å². The highest BCUT2D eigenvalue weighted by Crippen LogP contribution is 2.24. The van der Waals surface area contributed by atoms with Gasteiger partial charge in [0.25, 0.3) is 0 Å². The lowest BCUT2D eigenvalue weighted by atomic mass is 9.85. The second-order valence-electron chi connectivity index (χ2n) is 4.25. The van der Waals surface area contributed by atoms with Gasteiger partial charge in [-0.2, -0.15) is 0 Å². The Morgan fingerprint density at radius 2 is 2.27 bits per heavy atom. The van der Waals surface area contributed by atoms with Crippen LogP contribution in [0.4, 0.5) is 0 Å². The monoisotopic (exact) mass is 209 g/mol. The molecule has 0 aromatic rings. The molecule has 0 aromatic carbocycles. The third-order valence-electron chi connectivity index (χ3n) is 2.96. The van der Waals surface area contributed by atoms with Gasteiger partial charge in [0, 0.05) is 13.1 Å². The van der Waals surface area contributed by atoms with Crippen molar-refractivity contribution in [3.63, 3.8) is 0 Å². The number of ether oxygens (including phenoxy) is 1. The molecule has 2 unspecified atom stereocenters. The molecule has 0 bridgehead atoms. The lowest BCUT2D eigenvalue weighted by Gasteiger charge is -2.24. The fraction of sp³-hybridized carbons (Fsp3) is 0.692. The summed E-state index contributed by atoms with van der Waals surface area (Å²) in [5, 5.41) is 3.23. The molecule has 0 heterocycles. The third kappa shape index (κ3) is 5.14. The van der Waals surface area contributed by atoms with Gasteiger partial charge in [-0.25, -0.2) is 0 Å². The molecular formula is C13H23NO. The average molecular weight is 209 g/mol. The minimum absolute atomic E-state index is 0.717. The Hall–Kier alpha value is -0.600. The highest BCUT2D eigenvalue weighted by molar-refractivity contribution is 4.93. The zero-order valence-electron chi connectivity index (χ0n) is 9.74. The highest BCUT2D eigenvalue weighted by Gasteiger charge is 2.17. The molecular weight excluding hydrogens is 186 g/mol. The van der Waals surface area contributed by atoms with Crippen molar-refractivity contribution >= 4 is 0 Å². The van der Waals surface area contributed by atoms with Gasteiger partial charge in [0.05, 0.1) is 13.2 Å².